The van der Waals surface area contributed by atoms with Gasteiger partial charge < -0.3 is 15.2 Å². The molecule has 0 spiro atoms. The van der Waals surface area contributed by atoms with Crippen molar-refractivity contribution in [3.8, 4) is 0 Å². The van der Waals surface area contributed by atoms with E-state index < -0.39 is 12.1 Å². The molecule has 2 N–H and O–H groups in total. The summed E-state index contributed by atoms with van der Waals surface area (Å²) in [7, 11) is 1.40. The molecule has 0 amide bonds. The van der Waals surface area contributed by atoms with Crippen LogP contribution in [0.3, 0.4) is 0 Å². The maximum Gasteiger partial charge on any atom is 0.333 e. The fraction of sp³-hybridized carbons (Fsp3) is 0.308. The number of nitrogens with one attached hydrogen (secondary N) is 1. The van der Waals surface area contributed by atoms with Crippen LogP contribution in [0, 0.1) is 0 Å². The highest BCUT2D eigenvalue weighted by Crippen LogP contribution is 2.13. The number of carbonyl (C=O) groups is 1. The second kappa shape index (κ2) is 6.06. The average Bonchev–Trinajstić information content (AvgIpc) is 2.26. The first kappa shape index (κ1) is 13.3. The number of aliphatic carboxylic acids is 1. The number of hydrogen-bond donors (Lipinski definition) is 2. The smallest absolute Gasteiger partial charge is 0.333 e. The second-order valence-electron chi connectivity index (χ2n) is 3.87. The van der Waals surface area contributed by atoms with E-state index in [4.69, 9.17) is 9.84 Å². The highest BCUT2D eigenvalue weighted by molar-refractivity contribution is 5.72. The summed E-state index contributed by atoms with van der Waals surface area (Å²) in [6.45, 7) is 5.62. The molecule has 1 unspecified atom stereocenters. The predicted molar refractivity (Wildman–Crippen MR) is 67.0 cm³/mol. The van der Waals surface area contributed by atoms with Crippen LogP contribution in [-0.4, -0.2) is 24.3 Å². The van der Waals surface area contributed by atoms with Gasteiger partial charge in [0.2, 0.25) is 0 Å². The molecule has 0 bridgehead atoms. The molecule has 0 saturated heterocycles. The number of ether oxygens (including phenoxy) is 1. The van der Waals surface area contributed by atoms with Crippen molar-refractivity contribution in [3.63, 3.8) is 0 Å². The number of methoxy groups -OCH3 is 1. The molecule has 1 aromatic carbocycles. The van der Waals surface area contributed by atoms with Gasteiger partial charge in [0.15, 0.2) is 6.10 Å². The summed E-state index contributed by atoms with van der Waals surface area (Å²) in [6, 6.07) is 7.53. The summed E-state index contributed by atoms with van der Waals surface area (Å²) in [4.78, 5) is 10.8. The monoisotopic (exact) mass is 235 g/mol. The first-order chi connectivity index (χ1) is 8.02. The summed E-state index contributed by atoms with van der Waals surface area (Å²) < 4.78 is 4.88. The molecule has 0 aromatic heterocycles. The Bertz CT molecular complexity index is 398. The molecule has 4 heteroatoms. The van der Waals surface area contributed by atoms with Crippen molar-refractivity contribution in [2.45, 2.75) is 19.4 Å². The Morgan fingerprint density at radius 2 is 2.06 bits per heavy atom. The number of hydrogen-bond acceptors (Lipinski definition) is 3. The molecule has 0 aliphatic heterocycles. The van der Waals surface area contributed by atoms with Crippen LogP contribution >= 0.6 is 0 Å². The van der Waals surface area contributed by atoms with E-state index in [-0.39, 0.29) is 0 Å². The molecule has 1 atom stereocenters. The number of anilines is 1. The van der Waals surface area contributed by atoms with Gasteiger partial charge in [-0.15, -0.1) is 0 Å². The third-order valence-corrected chi connectivity index (χ3v) is 2.29. The van der Waals surface area contributed by atoms with Crippen molar-refractivity contribution in [2.24, 2.45) is 0 Å². The molecule has 4 nitrogen and oxygen atoms in total. The molecular formula is C13H17NO3. The maximum atomic E-state index is 10.8. The molecule has 0 radical (unpaired) electrons. The molecule has 17 heavy (non-hydrogen) atoms. The highest BCUT2D eigenvalue weighted by atomic mass is 16.5. The zero-order valence-electron chi connectivity index (χ0n) is 10.1. The fourth-order valence-electron chi connectivity index (χ4n) is 1.46. The second-order valence-corrected chi connectivity index (χ2v) is 3.87. The lowest BCUT2D eigenvalue weighted by molar-refractivity contribution is -0.148. The molecule has 1 aromatic rings. The minimum Gasteiger partial charge on any atom is -0.479 e. The molecule has 0 heterocycles. The Kier molecular flexibility index (Phi) is 4.72. The van der Waals surface area contributed by atoms with Gasteiger partial charge in [-0.2, -0.15) is 0 Å². The minimum absolute atomic E-state index is 0.360. The van der Waals surface area contributed by atoms with Gasteiger partial charge in [-0.1, -0.05) is 18.7 Å². The number of carboxylic acids is 1. The SMILES string of the molecule is C=C(C)Nc1ccc(CC(OC)C(=O)O)cc1. The van der Waals surface area contributed by atoms with Crippen LogP contribution in [0.25, 0.3) is 0 Å². The standard InChI is InChI=1S/C13H17NO3/c1-9(2)14-11-6-4-10(5-7-11)8-12(17-3)13(15)16/h4-7,12,14H,1,8H2,2-3H3,(H,15,16). The molecule has 0 fully saturated rings. The molecule has 0 aliphatic carbocycles. The lowest BCUT2D eigenvalue weighted by Gasteiger charge is -2.11. The van der Waals surface area contributed by atoms with Gasteiger partial charge in [0.05, 0.1) is 0 Å². The van der Waals surface area contributed by atoms with Gasteiger partial charge in [0, 0.05) is 24.9 Å². The van der Waals surface area contributed by atoms with E-state index in [2.05, 4.69) is 11.9 Å². The molecule has 0 aliphatic rings. The topological polar surface area (TPSA) is 58.6 Å². The zero-order chi connectivity index (χ0) is 12.8. The normalized spacial score (nSPS) is 11.9. The van der Waals surface area contributed by atoms with E-state index in [0.717, 1.165) is 16.9 Å². The molecule has 92 valence electrons. The van der Waals surface area contributed by atoms with Crippen LogP contribution in [0.2, 0.25) is 0 Å². The summed E-state index contributed by atoms with van der Waals surface area (Å²) in [5, 5.41) is 11.9. The third kappa shape index (κ3) is 4.28. The van der Waals surface area contributed by atoms with Crippen molar-refractivity contribution in [1.29, 1.82) is 0 Å². The third-order valence-electron chi connectivity index (χ3n) is 2.29. The van der Waals surface area contributed by atoms with Gasteiger partial charge in [-0.25, -0.2) is 4.79 Å². The Labute approximate surface area is 101 Å². The number of carboxylic acid groups (broad SMARTS) is 1. The first-order valence-corrected chi connectivity index (χ1v) is 5.30. The van der Waals surface area contributed by atoms with Gasteiger partial charge in [-0.05, 0) is 24.6 Å². The average molecular weight is 235 g/mol. The van der Waals surface area contributed by atoms with Crippen molar-refractivity contribution >= 4 is 11.7 Å². The van der Waals surface area contributed by atoms with Crippen LogP contribution in [0.4, 0.5) is 5.69 Å². The van der Waals surface area contributed by atoms with Gasteiger partial charge in [0.1, 0.15) is 0 Å². The van der Waals surface area contributed by atoms with E-state index in [1.807, 2.05) is 31.2 Å². The highest BCUT2D eigenvalue weighted by Gasteiger charge is 2.16. The van der Waals surface area contributed by atoms with Crippen LogP contribution in [-0.2, 0) is 16.0 Å². The molecular weight excluding hydrogens is 218 g/mol. The summed E-state index contributed by atoms with van der Waals surface area (Å²) >= 11 is 0. The van der Waals surface area contributed by atoms with E-state index in [9.17, 15) is 4.79 Å². The van der Waals surface area contributed by atoms with Crippen LogP contribution < -0.4 is 5.32 Å². The van der Waals surface area contributed by atoms with Crippen molar-refractivity contribution in [1.82, 2.24) is 0 Å². The summed E-state index contributed by atoms with van der Waals surface area (Å²) in [5.41, 5.74) is 2.72. The summed E-state index contributed by atoms with van der Waals surface area (Å²) in [5.74, 6) is -0.948. The molecule has 0 saturated carbocycles. The first-order valence-electron chi connectivity index (χ1n) is 5.30. The summed E-state index contributed by atoms with van der Waals surface area (Å²) in [6.07, 6.45) is -0.436. The largest absolute Gasteiger partial charge is 0.479 e. The minimum atomic E-state index is -0.948. The van der Waals surface area contributed by atoms with Crippen LogP contribution in [0.1, 0.15) is 12.5 Å². The lowest BCUT2D eigenvalue weighted by atomic mass is 10.1. The Hall–Kier alpha value is -1.81. The van der Waals surface area contributed by atoms with E-state index in [1.165, 1.54) is 7.11 Å². The zero-order valence-corrected chi connectivity index (χ0v) is 10.1. The van der Waals surface area contributed by atoms with E-state index in [1.54, 1.807) is 0 Å². The van der Waals surface area contributed by atoms with Crippen molar-refractivity contribution in [3.05, 3.63) is 42.1 Å². The van der Waals surface area contributed by atoms with E-state index in [0.29, 0.717) is 6.42 Å². The lowest BCUT2D eigenvalue weighted by Crippen LogP contribution is -2.24. The maximum absolute atomic E-state index is 10.8. The van der Waals surface area contributed by atoms with E-state index >= 15 is 0 Å². The van der Waals surface area contributed by atoms with Crippen LogP contribution in [0.15, 0.2) is 36.5 Å². The predicted octanol–water partition coefficient (Wildman–Crippen LogP) is 2.27. The van der Waals surface area contributed by atoms with Crippen molar-refractivity contribution < 1.29 is 14.6 Å². The van der Waals surface area contributed by atoms with Gasteiger partial charge in [0.25, 0.3) is 0 Å². The van der Waals surface area contributed by atoms with Gasteiger partial charge in [-0.3, -0.25) is 0 Å². The fourth-order valence-corrected chi connectivity index (χ4v) is 1.46. The van der Waals surface area contributed by atoms with Crippen molar-refractivity contribution in [2.75, 3.05) is 12.4 Å². The Morgan fingerprint density at radius 1 is 1.47 bits per heavy atom. The quantitative estimate of drug-likeness (QED) is 0.794. The van der Waals surface area contributed by atoms with Crippen LogP contribution in [0.5, 0.6) is 0 Å². The van der Waals surface area contributed by atoms with Gasteiger partial charge >= 0.3 is 5.97 Å². The molecule has 1 rings (SSSR count). The number of benzene rings is 1. The Balaban J connectivity index is 2.67. The Morgan fingerprint density at radius 3 is 2.47 bits per heavy atom. The number of allylic oxidation sites excluding steroid dienone is 1. The number of rotatable bonds is 6.